The van der Waals surface area contributed by atoms with Crippen LogP contribution in [0.15, 0.2) is 24.3 Å². The average molecular weight is 238 g/mol. The zero-order valence-electron chi connectivity index (χ0n) is 8.03. The summed E-state index contributed by atoms with van der Waals surface area (Å²) in [5.41, 5.74) is 1.95. The van der Waals surface area contributed by atoms with Gasteiger partial charge in [0.1, 0.15) is 0 Å². The maximum absolute atomic E-state index is 10.6. The van der Waals surface area contributed by atoms with Crippen molar-refractivity contribution in [1.82, 2.24) is 4.98 Å². The van der Waals surface area contributed by atoms with Crippen molar-refractivity contribution in [2.45, 2.75) is 6.92 Å². The zero-order valence-corrected chi connectivity index (χ0v) is 9.60. The van der Waals surface area contributed by atoms with Crippen LogP contribution in [-0.4, -0.2) is 10.2 Å². The van der Waals surface area contributed by atoms with E-state index in [1.165, 1.54) is 6.08 Å². The number of benzene rings is 1. The van der Waals surface area contributed by atoms with Gasteiger partial charge in [-0.3, -0.25) is 4.79 Å². The van der Waals surface area contributed by atoms with Crippen LogP contribution in [0.4, 0.5) is 0 Å². The number of aromatic nitrogens is 1. The Labute approximate surface area is 96.2 Å². The fraction of sp³-hybridized carbons (Fsp3) is 0.0909. The van der Waals surface area contributed by atoms with Crippen LogP contribution in [0.3, 0.4) is 0 Å². The van der Waals surface area contributed by atoms with Crippen molar-refractivity contribution in [2.24, 2.45) is 0 Å². The minimum Gasteiger partial charge on any atom is -0.276 e. The van der Waals surface area contributed by atoms with E-state index in [0.29, 0.717) is 0 Å². The predicted molar refractivity (Wildman–Crippen MR) is 64.3 cm³/mol. The van der Waals surface area contributed by atoms with Crippen LogP contribution in [0, 0.1) is 6.92 Å². The Kier molecular flexibility index (Phi) is 2.84. The average Bonchev–Trinajstić information content (AvgIpc) is 2.53. The number of carbonyl (C=O) groups excluding carboxylic acids is 1. The molecule has 1 heterocycles. The molecule has 0 saturated heterocycles. The highest BCUT2D eigenvalue weighted by atomic mass is 35.5. The number of hydrogen-bond acceptors (Lipinski definition) is 3. The number of thiazole rings is 1. The van der Waals surface area contributed by atoms with E-state index in [0.717, 1.165) is 20.8 Å². The lowest BCUT2D eigenvalue weighted by Gasteiger charge is -1.91. The lowest BCUT2D eigenvalue weighted by molar-refractivity contribution is -0.107. The lowest BCUT2D eigenvalue weighted by Crippen LogP contribution is -1.76. The molecule has 0 N–H and O–H groups in total. The third-order valence-electron chi connectivity index (χ3n) is 1.93. The van der Waals surface area contributed by atoms with Gasteiger partial charge < -0.3 is 0 Å². The molecule has 2 nitrogen and oxygen atoms in total. The molecule has 0 spiro atoms. The van der Waals surface area contributed by atoms with E-state index in [2.05, 4.69) is 4.98 Å². The fourth-order valence-electron chi connectivity index (χ4n) is 1.32. The van der Waals surface area contributed by atoms with Crippen LogP contribution in [0.5, 0.6) is 0 Å². The van der Waals surface area contributed by atoms with Crippen LogP contribution in [0.2, 0.25) is 0 Å². The molecule has 0 aliphatic rings. The molecule has 15 heavy (non-hydrogen) atoms. The van der Waals surface area contributed by atoms with Crippen LogP contribution < -0.4 is 0 Å². The maximum atomic E-state index is 10.6. The van der Waals surface area contributed by atoms with Crippen molar-refractivity contribution in [3.63, 3.8) is 0 Å². The molecule has 0 amide bonds. The highest BCUT2D eigenvalue weighted by Crippen LogP contribution is 2.23. The molecule has 1 aromatic carbocycles. The number of fused-ring (bicyclic) bond motifs is 1. The molecule has 0 atom stereocenters. The first-order valence-electron chi connectivity index (χ1n) is 4.40. The van der Waals surface area contributed by atoms with E-state index >= 15 is 0 Å². The summed E-state index contributed by atoms with van der Waals surface area (Å²) in [5.74, 6) is 0. The minimum atomic E-state index is -0.462. The normalized spacial score (nSPS) is 11.3. The van der Waals surface area contributed by atoms with Gasteiger partial charge in [-0.1, -0.05) is 12.1 Å². The molecule has 0 fully saturated rings. The molecular weight excluding hydrogens is 230 g/mol. The molecule has 0 unspecified atom stereocenters. The molecule has 1 aromatic heterocycles. The molecule has 76 valence electrons. The highest BCUT2D eigenvalue weighted by Gasteiger charge is 1.99. The third kappa shape index (κ3) is 2.43. The van der Waals surface area contributed by atoms with Gasteiger partial charge in [0.2, 0.25) is 5.24 Å². The molecule has 0 aliphatic heterocycles. The Morgan fingerprint density at radius 1 is 1.53 bits per heavy atom. The first-order chi connectivity index (χ1) is 7.15. The summed E-state index contributed by atoms with van der Waals surface area (Å²) in [5, 5.41) is 0.579. The minimum absolute atomic E-state index is 0.462. The second-order valence-electron chi connectivity index (χ2n) is 3.10. The summed E-state index contributed by atoms with van der Waals surface area (Å²) >= 11 is 6.85. The second kappa shape index (κ2) is 4.13. The van der Waals surface area contributed by atoms with E-state index in [1.54, 1.807) is 17.4 Å². The van der Waals surface area contributed by atoms with Crippen molar-refractivity contribution in [3.05, 3.63) is 34.8 Å². The summed E-state index contributed by atoms with van der Waals surface area (Å²) < 4.78 is 1.12. The number of allylic oxidation sites excluding steroid dienone is 1. The van der Waals surface area contributed by atoms with E-state index in [1.807, 2.05) is 25.1 Å². The van der Waals surface area contributed by atoms with Gasteiger partial charge in [-0.25, -0.2) is 4.98 Å². The Morgan fingerprint density at radius 3 is 3.07 bits per heavy atom. The number of rotatable bonds is 2. The van der Waals surface area contributed by atoms with Crippen molar-refractivity contribution >= 4 is 44.5 Å². The van der Waals surface area contributed by atoms with E-state index in [-0.39, 0.29) is 0 Å². The number of carbonyl (C=O) groups is 1. The first kappa shape index (κ1) is 10.3. The Balaban J connectivity index is 2.42. The first-order valence-corrected chi connectivity index (χ1v) is 5.59. The Morgan fingerprint density at radius 2 is 2.33 bits per heavy atom. The summed E-state index contributed by atoms with van der Waals surface area (Å²) in [6.45, 7) is 1.97. The van der Waals surface area contributed by atoms with E-state index in [4.69, 9.17) is 11.6 Å². The van der Waals surface area contributed by atoms with Gasteiger partial charge in [0.25, 0.3) is 0 Å². The van der Waals surface area contributed by atoms with Gasteiger partial charge in [0, 0.05) is 0 Å². The SMILES string of the molecule is Cc1nc2ccc(/C=C/C(=O)Cl)cc2s1. The lowest BCUT2D eigenvalue weighted by atomic mass is 10.2. The van der Waals surface area contributed by atoms with Crippen molar-refractivity contribution in [1.29, 1.82) is 0 Å². The predicted octanol–water partition coefficient (Wildman–Crippen LogP) is 3.38. The van der Waals surface area contributed by atoms with Crippen molar-refractivity contribution in [2.75, 3.05) is 0 Å². The number of hydrogen-bond donors (Lipinski definition) is 0. The molecule has 0 bridgehead atoms. The quantitative estimate of drug-likeness (QED) is 0.592. The van der Waals surface area contributed by atoms with Crippen LogP contribution in [0.1, 0.15) is 10.6 Å². The summed E-state index contributed by atoms with van der Waals surface area (Å²) in [4.78, 5) is 14.9. The fourth-order valence-corrected chi connectivity index (χ4v) is 2.26. The van der Waals surface area contributed by atoms with Crippen LogP contribution >= 0.6 is 22.9 Å². The third-order valence-corrected chi connectivity index (χ3v) is 2.99. The number of halogens is 1. The van der Waals surface area contributed by atoms with Gasteiger partial charge in [-0.05, 0) is 42.3 Å². The van der Waals surface area contributed by atoms with Crippen molar-refractivity contribution < 1.29 is 4.79 Å². The summed E-state index contributed by atoms with van der Waals surface area (Å²) in [7, 11) is 0. The van der Waals surface area contributed by atoms with Gasteiger partial charge >= 0.3 is 0 Å². The van der Waals surface area contributed by atoms with Gasteiger partial charge in [0.05, 0.1) is 15.2 Å². The summed E-state index contributed by atoms with van der Waals surface area (Å²) in [6, 6.07) is 5.85. The smallest absolute Gasteiger partial charge is 0.245 e. The highest BCUT2D eigenvalue weighted by molar-refractivity contribution is 7.18. The zero-order chi connectivity index (χ0) is 10.8. The molecular formula is C11H8ClNOS. The molecule has 0 radical (unpaired) electrons. The molecule has 2 aromatic rings. The van der Waals surface area contributed by atoms with Crippen LogP contribution in [0.25, 0.3) is 16.3 Å². The van der Waals surface area contributed by atoms with Gasteiger partial charge in [0.15, 0.2) is 0 Å². The molecule has 0 aliphatic carbocycles. The monoisotopic (exact) mass is 237 g/mol. The molecule has 0 saturated carbocycles. The summed E-state index contributed by atoms with van der Waals surface area (Å²) in [6.07, 6.45) is 3.04. The molecule has 4 heteroatoms. The van der Waals surface area contributed by atoms with E-state index < -0.39 is 5.24 Å². The van der Waals surface area contributed by atoms with Crippen molar-refractivity contribution in [3.8, 4) is 0 Å². The van der Waals surface area contributed by atoms with Crippen LogP contribution in [-0.2, 0) is 4.79 Å². The Hall–Kier alpha value is -1.19. The maximum Gasteiger partial charge on any atom is 0.245 e. The number of nitrogens with zero attached hydrogens (tertiary/aromatic N) is 1. The molecule has 2 rings (SSSR count). The van der Waals surface area contributed by atoms with Gasteiger partial charge in [-0.15, -0.1) is 11.3 Å². The second-order valence-corrected chi connectivity index (χ2v) is 4.70. The van der Waals surface area contributed by atoms with E-state index in [9.17, 15) is 4.79 Å². The Bertz CT molecular complexity index is 545. The standard InChI is InChI=1S/C11H8ClNOS/c1-7-13-9-4-2-8(3-5-11(12)14)6-10(9)15-7/h2-6H,1H3/b5-3+. The topological polar surface area (TPSA) is 30.0 Å². The van der Waals surface area contributed by atoms with Gasteiger partial charge in [-0.2, -0.15) is 0 Å². The largest absolute Gasteiger partial charge is 0.276 e. The number of aryl methyl sites for hydroxylation is 1.